The fourth-order valence-electron chi connectivity index (χ4n) is 5.24. The fourth-order valence-corrected chi connectivity index (χ4v) is 7.28. The molecule has 44 heavy (non-hydrogen) atoms. The summed E-state index contributed by atoms with van der Waals surface area (Å²) in [6.07, 6.45) is 5.76. The molecule has 0 fully saturated rings. The molecule has 240 valence electrons. The number of hydrogen-bond donors (Lipinski definition) is 2. The van der Waals surface area contributed by atoms with E-state index in [9.17, 15) is 18.3 Å². The minimum absolute atomic E-state index is 0.0698. The Morgan fingerprint density at radius 1 is 1.18 bits per heavy atom. The zero-order chi connectivity index (χ0) is 31.7. The summed E-state index contributed by atoms with van der Waals surface area (Å²) in [6.45, 7) is 7.90. The minimum atomic E-state index is -3.82. The fraction of sp³-hybridized carbons (Fsp3) is 0.500. The number of sulfonamides is 1. The number of likely N-dealkylation sites (N-methyl/N-ethyl adjacent to an activating group) is 1. The van der Waals surface area contributed by atoms with Crippen LogP contribution in [0.1, 0.15) is 56.0 Å². The quantitative estimate of drug-likeness (QED) is 0.339. The Bertz CT molecular complexity index is 1440. The van der Waals surface area contributed by atoms with E-state index in [2.05, 4.69) is 28.6 Å². The van der Waals surface area contributed by atoms with Crippen LogP contribution >= 0.6 is 11.3 Å². The lowest BCUT2D eigenvalue weighted by Crippen LogP contribution is -2.47. The summed E-state index contributed by atoms with van der Waals surface area (Å²) in [5, 5.41) is 11.9. The summed E-state index contributed by atoms with van der Waals surface area (Å²) < 4.78 is 41.4. The molecule has 3 aromatic rings. The van der Waals surface area contributed by atoms with E-state index in [1.165, 1.54) is 12.1 Å². The number of rotatable bonds is 9. The number of ether oxygens (including phenoxy) is 2. The number of carbonyl (C=O) groups excluding carboxylic acids is 1. The first-order valence-electron chi connectivity index (χ1n) is 15.0. The van der Waals surface area contributed by atoms with Crippen molar-refractivity contribution in [2.24, 2.45) is 5.92 Å². The van der Waals surface area contributed by atoms with Crippen LogP contribution in [0, 0.1) is 5.92 Å². The molecule has 2 aromatic heterocycles. The number of carbonyl (C=O) groups is 1. The predicted octanol–water partition coefficient (Wildman–Crippen LogP) is 4.87. The lowest BCUT2D eigenvalue weighted by Gasteiger charge is -2.36. The van der Waals surface area contributed by atoms with Crippen molar-refractivity contribution in [3.05, 3.63) is 71.4 Å². The third-order valence-corrected chi connectivity index (χ3v) is 10.5. The van der Waals surface area contributed by atoms with Gasteiger partial charge in [-0.05, 0) is 87.5 Å². The van der Waals surface area contributed by atoms with Crippen molar-refractivity contribution < 1.29 is 27.8 Å². The normalized spacial score (nSPS) is 21.3. The molecule has 10 nitrogen and oxygen atoms in total. The maximum atomic E-state index is 14.3. The molecule has 4 atom stereocenters. The number of benzene rings is 1. The summed E-state index contributed by atoms with van der Waals surface area (Å²) in [4.78, 5) is 22.2. The molecular weight excluding hydrogens is 601 g/mol. The predicted molar refractivity (Wildman–Crippen MR) is 173 cm³/mol. The number of aromatic nitrogens is 1. The lowest BCUT2D eigenvalue weighted by atomic mass is 10.0. The Morgan fingerprint density at radius 2 is 1.95 bits per heavy atom. The lowest BCUT2D eigenvalue weighted by molar-refractivity contribution is -0.0177. The Kier molecular flexibility index (Phi) is 12.2. The van der Waals surface area contributed by atoms with Gasteiger partial charge in [0.25, 0.3) is 15.9 Å². The second-order valence-electron chi connectivity index (χ2n) is 11.6. The van der Waals surface area contributed by atoms with Crippen molar-refractivity contribution in [1.29, 1.82) is 0 Å². The Balaban J connectivity index is 1.63. The van der Waals surface area contributed by atoms with Crippen LogP contribution in [0.4, 0.5) is 5.69 Å². The molecule has 2 N–H and O–H groups in total. The summed E-state index contributed by atoms with van der Waals surface area (Å²) in [6, 6.07) is 11.5. The van der Waals surface area contributed by atoms with Crippen LogP contribution in [-0.4, -0.2) is 85.8 Å². The van der Waals surface area contributed by atoms with Crippen LogP contribution in [0.2, 0.25) is 0 Å². The van der Waals surface area contributed by atoms with Gasteiger partial charge in [0.15, 0.2) is 0 Å². The Labute approximate surface area is 265 Å². The number of amides is 1. The molecule has 1 aliphatic heterocycles. The van der Waals surface area contributed by atoms with Crippen LogP contribution in [0.15, 0.2) is 64.4 Å². The smallest absolute Gasteiger partial charge is 0.271 e. The molecule has 12 heteroatoms. The van der Waals surface area contributed by atoms with Gasteiger partial charge in [0.1, 0.15) is 9.96 Å². The molecule has 1 aliphatic rings. The highest BCUT2D eigenvalue weighted by Crippen LogP contribution is 2.30. The standard InChI is InChI=1S/C32H44N4O6S2/c1-23-19-36(24(2)22-37)32(38)28-18-27(34-44(39,40)31-9-7-17-43-31)10-11-29(28)42-25(3)8-5-6-16-41-30(23)21-35(4)20-26-12-14-33-15-13-26/h7,9-15,17-18,23-25,30,34,37H,5-6,8,16,19-22H2,1-4H3/t23-,24-,25+,30+/m0/s1. The number of pyridine rings is 1. The summed E-state index contributed by atoms with van der Waals surface area (Å²) in [5.74, 6) is -0.0374. The number of anilines is 1. The Morgan fingerprint density at radius 3 is 2.66 bits per heavy atom. The second kappa shape index (κ2) is 15.8. The third kappa shape index (κ3) is 9.24. The average molecular weight is 645 g/mol. The molecule has 0 radical (unpaired) electrons. The van der Waals surface area contributed by atoms with Gasteiger partial charge in [-0.3, -0.25) is 19.4 Å². The number of aliphatic hydroxyl groups is 1. The number of nitrogens with zero attached hydrogens (tertiary/aromatic N) is 3. The number of fused-ring (bicyclic) bond motifs is 1. The SMILES string of the molecule is C[C@@H]1CCCCO[C@H](CN(C)Cc2ccncc2)[C@@H](C)CN([C@@H](C)CO)C(=O)c2cc(NS(=O)(=O)c3cccs3)ccc2O1. The van der Waals surface area contributed by atoms with Gasteiger partial charge in [-0.15, -0.1) is 11.3 Å². The Hall–Kier alpha value is -3.03. The van der Waals surface area contributed by atoms with Gasteiger partial charge in [0, 0.05) is 50.2 Å². The van der Waals surface area contributed by atoms with Gasteiger partial charge < -0.3 is 19.5 Å². The van der Waals surface area contributed by atoms with Crippen molar-refractivity contribution in [2.45, 2.75) is 69.0 Å². The van der Waals surface area contributed by atoms with Crippen LogP contribution in [0.25, 0.3) is 0 Å². The molecule has 3 heterocycles. The van der Waals surface area contributed by atoms with E-state index in [0.717, 1.165) is 42.7 Å². The maximum Gasteiger partial charge on any atom is 0.271 e. The molecule has 0 spiro atoms. The van der Waals surface area contributed by atoms with Crippen LogP contribution in [-0.2, 0) is 21.3 Å². The van der Waals surface area contributed by atoms with Crippen molar-refractivity contribution >= 4 is 33.0 Å². The van der Waals surface area contributed by atoms with Crippen molar-refractivity contribution in [3.8, 4) is 5.75 Å². The van der Waals surface area contributed by atoms with Gasteiger partial charge >= 0.3 is 0 Å². The third-order valence-electron chi connectivity index (χ3n) is 7.76. The number of aliphatic hydroxyl groups excluding tert-OH is 1. The summed E-state index contributed by atoms with van der Waals surface area (Å²) in [7, 11) is -1.77. The van der Waals surface area contributed by atoms with Crippen LogP contribution < -0.4 is 9.46 Å². The highest BCUT2D eigenvalue weighted by atomic mass is 32.2. The molecular formula is C32H44N4O6S2. The molecule has 4 rings (SSSR count). The number of nitrogens with one attached hydrogen (secondary N) is 1. The molecule has 0 saturated carbocycles. The van der Waals surface area contributed by atoms with E-state index in [0.29, 0.717) is 25.4 Å². The van der Waals surface area contributed by atoms with Gasteiger partial charge in [0.2, 0.25) is 0 Å². The first-order valence-corrected chi connectivity index (χ1v) is 17.4. The molecule has 0 saturated heterocycles. The largest absolute Gasteiger partial charge is 0.490 e. The van der Waals surface area contributed by atoms with Crippen molar-refractivity contribution in [3.63, 3.8) is 0 Å². The maximum absolute atomic E-state index is 14.3. The van der Waals surface area contributed by atoms with Crippen molar-refractivity contribution in [2.75, 3.05) is 38.1 Å². The van der Waals surface area contributed by atoms with Gasteiger partial charge in [0.05, 0.1) is 30.4 Å². The van der Waals surface area contributed by atoms with E-state index in [1.807, 2.05) is 19.1 Å². The first-order chi connectivity index (χ1) is 21.1. The van der Waals surface area contributed by atoms with E-state index in [4.69, 9.17) is 9.47 Å². The topological polar surface area (TPSA) is 121 Å². The highest BCUT2D eigenvalue weighted by molar-refractivity contribution is 7.94. The van der Waals surface area contributed by atoms with Gasteiger partial charge in [-0.25, -0.2) is 8.42 Å². The van der Waals surface area contributed by atoms with Crippen molar-refractivity contribution in [1.82, 2.24) is 14.8 Å². The monoisotopic (exact) mass is 644 g/mol. The van der Waals surface area contributed by atoms with E-state index in [-0.39, 0.29) is 46.1 Å². The van der Waals surface area contributed by atoms with E-state index in [1.54, 1.807) is 47.8 Å². The molecule has 1 amide bonds. The molecule has 1 aromatic carbocycles. The highest BCUT2D eigenvalue weighted by Gasteiger charge is 2.30. The minimum Gasteiger partial charge on any atom is -0.490 e. The van der Waals surface area contributed by atoms with Gasteiger partial charge in [-0.1, -0.05) is 13.0 Å². The average Bonchev–Trinajstić information content (AvgIpc) is 3.55. The van der Waals surface area contributed by atoms with Gasteiger partial charge in [-0.2, -0.15) is 0 Å². The summed E-state index contributed by atoms with van der Waals surface area (Å²) in [5.41, 5.74) is 1.64. The first kappa shape index (κ1) is 33.9. The zero-order valence-corrected chi connectivity index (χ0v) is 27.5. The zero-order valence-electron chi connectivity index (χ0n) is 25.9. The van der Waals surface area contributed by atoms with E-state index < -0.39 is 16.1 Å². The molecule has 0 unspecified atom stereocenters. The molecule has 0 bridgehead atoms. The number of hydrogen-bond acceptors (Lipinski definition) is 9. The second-order valence-corrected chi connectivity index (χ2v) is 14.5. The summed E-state index contributed by atoms with van der Waals surface area (Å²) >= 11 is 1.11. The van der Waals surface area contributed by atoms with Crippen LogP contribution in [0.5, 0.6) is 5.75 Å². The number of thiophene rings is 1. The van der Waals surface area contributed by atoms with Crippen LogP contribution in [0.3, 0.4) is 0 Å². The molecule has 0 aliphatic carbocycles. The van der Waals surface area contributed by atoms with E-state index >= 15 is 0 Å².